The third-order valence-electron chi connectivity index (χ3n) is 6.23. The molecule has 1 aliphatic rings. The maximum absolute atomic E-state index is 11.9. The van der Waals surface area contributed by atoms with E-state index in [1.165, 1.54) is 12.6 Å². The van der Waals surface area contributed by atoms with Gasteiger partial charge in [-0.3, -0.25) is 9.59 Å². The number of esters is 1. The third kappa shape index (κ3) is 5.64. The van der Waals surface area contributed by atoms with Gasteiger partial charge in [-0.05, 0) is 61.1 Å². The number of primary amides is 1. The first-order chi connectivity index (χ1) is 16.8. The molecule has 4 rings (SSSR count). The number of anilines is 1. The second-order valence-electron chi connectivity index (χ2n) is 8.73. The third-order valence-corrected chi connectivity index (χ3v) is 6.23. The smallest absolute Gasteiger partial charge is 0.308 e. The van der Waals surface area contributed by atoms with Crippen LogP contribution in [-0.2, 0) is 11.2 Å². The molecular weight excluding hydrogens is 442 g/mol. The van der Waals surface area contributed by atoms with Crippen molar-refractivity contribution >= 4 is 17.6 Å². The molecule has 178 valence electrons. The Balaban J connectivity index is 1.39. The molecule has 1 saturated heterocycles. The highest BCUT2D eigenvalue weighted by Crippen LogP contribution is 2.29. The Kier molecular flexibility index (Phi) is 7.06. The molecule has 2 aromatic carbocycles. The Morgan fingerprint density at radius 3 is 2.20 bits per heavy atom. The summed E-state index contributed by atoms with van der Waals surface area (Å²) in [6, 6.07) is 18.2. The number of nitriles is 1. The van der Waals surface area contributed by atoms with Crippen molar-refractivity contribution in [2.45, 2.75) is 33.1 Å². The van der Waals surface area contributed by atoms with Crippen LogP contribution in [0.1, 0.15) is 47.3 Å². The van der Waals surface area contributed by atoms with Gasteiger partial charge in [-0.1, -0.05) is 24.3 Å². The molecule has 0 spiro atoms. The monoisotopic (exact) mass is 469 g/mol. The van der Waals surface area contributed by atoms with E-state index in [0.717, 1.165) is 37.1 Å². The van der Waals surface area contributed by atoms with Crippen LogP contribution >= 0.6 is 0 Å². The number of ether oxygens (including phenoxy) is 1. The maximum Gasteiger partial charge on any atom is 0.308 e. The van der Waals surface area contributed by atoms with Crippen molar-refractivity contribution in [3.63, 3.8) is 0 Å². The van der Waals surface area contributed by atoms with Crippen LogP contribution in [-0.4, -0.2) is 34.9 Å². The van der Waals surface area contributed by atoms with Gasteiger partial charge >= 0.3 is 5.97 Å². The highest BCUT2D eigenvalue weighted by atomic mass is 16.5. The van der Waals surface area contributed by atoms with Gasteiger partial charge in [0.1, 0.15) is 5.82 Å². The number of aryl methyl sites for hydroxylation is 1. The van der Waals surface area contributed by atoms with Gasteiger partial charge in [0, 0.05) is 32.1 Å². The highest BCUT2D eigenvalue weighted by molar-refractivity contribution is 5.94. The van der Waals surface area contributed by atoms with E-state index < -0.39 is 11.9 Å². The molecule has 35 heavy (non-hydrogen) atoms. The van der Waals surface area contributed by atoms with Crippen LogP contribution in [0.3, 0.4) is 0 Å². The van der Waals surface area contributed by atoms with Gasteiger partial charge in [0.15, 0.2) is 11.4 Å². The van der Waals surface area contributed by atoms with E-state index in [9.17, 15) is 9.59 Å². The van der Waals surface area contributed by atoms with Gasteiger partial charge < -0.3 is 15.4 Å². The van der Waals surface area contributed by atoms with Crippen LogP contribution in [0.4, 0.5) is 5.69 Å². The largest absolute Gasteiger partial charge is 0.422 e. The molecule has 1 fully saturated rings. The van der Waals surface area contributed by atoms with E-state index >= 15 is 0 Å². The van der Waals surface area contributed by atoms with Crippen LogP contribution in [0.5, 0.6) is 5.75 Å². The molecule has 0 bridgehead atoms. The minimum Gasteiger partial charge on any atom is -0.422 e. The zero-order valence-electron chi connectivity index (χ0n) is 19.8. The van der Waals surface area contributed by atoms with E-state index in [1.54, 1.807) is 6.92 Å². The van der Waals surface area contributed by atoms with Crippen molar-refractivity contribution < 1.29 is 14.3 Å². The Morgan fingerprint density at radius 1 is 1.06 bits per heavy atom. The number of hydrogen-bond acceptors (Lipinski definition) is 7. The lowest BCUT2D eigenvalue weighted by Crippen LogP contribution is -2.34. The van der Waals surface area contributed by atoms with Crippen molar-refractivity contribution in [2.75, 3.05) is 18.0 Å². The summed E-state index contributed by atoms with van der Waals surface area (Å²) in [5.41, 5.74) is 9.87. The first-order valence-corrected chi connectivity index (χ1v) is 11.6. The number of nitrogens with zero attached hydrogens (tertiary/aromatic N) is 4. The Hall–Kier alpha value is -4.25. The summed E-state index contributed by atoms with van der Waals surface area (Å²) in [6.07, 6.45) is 2.57. The first kappa shape index (κ1) is 23.9. The van der Waals surface area contributed by atoms with E-state index in [-0.39, 0.29) is 11.4 Å². The Bertz CT molecular complexity index is 1270. The van der Waals surface area contributed by atoms with Gasteiger partial charge in [-0.2, -0.15) is 5.26 Å². The zero-order chi connectivity index (χ0) is 24.9. The minimum atomic E-state index is -0.743. The summed E-state index contributed by atoms with van der Waals surface area (Å²) in [6.45, 7) is 4.76. The molecular formula is C27H27N5O3. The lowest BCUT2D eigenvalue weighted by atomic mass is 9.92. The van der Waals surface area contributed by atoms with Gasteiger partial charge in [-0.25, -0.2) is 9.97 Å². The van der Waals surface area contributed by atoms with Gasteiger partial charge in [0.25, 0.3) is 5.91 Å². The SMILES string of the molecule is CC(=O)Oc1c(C)nc(CC2CCN(c3ccc(-c4ccc(C#N)cc4)cc3)CC2)nc1C(N)=O. The van der Waals surface area contributed by atoms with E-state index in [4.69, 9.17) is 15.7 Å². The number of aromatic nitrogens is 2. The number of carbonyl (C=O) groups excluding carboxylic acids is 2. The van der Waals surface area contributed by atoms with Crippen LogP contribution in [0, 0.1) is 24.2 Å². The predicted octanol–water partition coefficient (Wildman–Crippen LogP) is 3.81. The van der Waals surface area contributed by atoms with Crippen LogP contribution < -0.4 is 15.4 Å². The fourth-order valence-corrected chi connectivity index (χ4v) is 4.40. The molecule has 0 saturated carbocycles. The molecule has 2 N–H and O–H groups in total. The van der Waals surface area contributed by atoms with Crippen molar-refractivity contribution in [2.24, 2.45) is 11.7 Å². The summed E-state index contributed by atoms with van der Waals surface area (Å²) in [7, 11) is 0. The van der Waals surface area contributed by atoms with Crippen molar-refractivity contribution in [3.05, 3.63) is 71.3 Å². The average Bonchev–Trinajstić information content (AvgIpc) is 2.86. The summed E-state index contributed by atoms with van der Waals surface area (Å²) >= 11 is 0. The zero-order valence-corrected chi connectivity index (χ0v) is 19.8. The molecule has 1 aliphatic heterocycles. The Morgan fingerprint density at radius 2 is 1.66 bits per heavy atom. The molecule has 1 amide bonds. The standard InChI is InChI=1S/C27H27N5O3/c1-17-26(35-18(2)33)25(27(29)34)31-24(30-17)15-19-11-13-32(14-12-19)23-9-7-22(8-10-23)21-5-3-20(16-28)4-6-21/h3-10,19H,11-15H2,1-2H3,(H2,29,34). The van der Waals surface area contributed by atoms with Crippen molar-refractivity contribution in [1.29, 1.82) is 5.26 Å². The number of piperidine rings is 1. The fourth-order valence-electron chi connectivity index (χ4n) is 4.40. The van der Waals surface area contributed by atoms with Crippen molar-refractivity contribution in [1.82, 2.24) is 9.97 Å². The molecule has 0 aliphatic carbocycles. The fraction of sp³-hybridized carbons (Fsp3) is 0.296. The predicted molar refractivity (Wildman–Crippen MR) is 132 cm³/mol. The molecule has 8 nitrogen and oxygen atoms in total. The second-order valence-corrected chi connectivity index (χ2v) is 8.73. The average molecular weight is 470 g/mol. The number of carbonyl (C=O) groups is 2. The second kappa shape index (κ2) is 10.3. The van der Waals surface area contributed by atoms with Crippen LogP contribution in [0.15, 0.2) is 48.5 Å². The summed E-state index contributed by atoms with van der Waals surface area (Å²) in [5.74, 6) is -0.342. The molecule has 2 heterocycles. The number of nitrogens with two attached hydrogens (primary N) is 1. The van der Waals surface area contributed by atoms with E-state index in [0.29, 0.717) is 29.4 Å². The normalized spacial score (nSPS) is 13.8. The van der Waals surface area contributed by atoms with Gasteiger partial charge in [0.2, 0.25) is 0 Å². The number of benzene rings is 2. The first-order valence-electron chi connectivity index (χ1n) is 11.6. The molecule has 0 unspecified atom stereocenters. The van der Waals surface area contributed by atoms with Gasteiger partial charge in [0.05, 0.1) is 17.3 Å². The molecule has 3 aromatic rings. The lowest BCUT2D eigenvalue weighted by molar-refractivity contribution is -0.132. The topological polar surface area (TPSA) is 122 Å². The number of amides is 1. The van der Waals surface area contributed by atoms with E-state index in [1.807, 2.05) is 24.3 Å². The highest BCUT2D eigenvalue weighted by Gasteiger charge is 2.24. The minimum absolute atomic E-state index is 0.0352. The molecule has 8 heteroatoms. The van der Waals surface area contributed by atoms with Crippen LogP contribution in [0.2, 0.25) is 0 Å². The quantitative estimate of drug-likeness (QED) is 0.545. The van der Waals surface area contributed by atoms with E-state index in [2.05, 4.69) is 45.2 Å². The van der Waals surface area contributed by atoms with Crippen LogP contribution in [0.25, 0.3) is 11.1 Å². The lowest BCUT2D eigenvalue weighted by Gasteiger charge is -2.33. The van der Waals surface area contributed by atoms with Crippen molar-refractivity contribution in [3.8, 4) is 22.9 Å². The summed E-state index contributed by atoms with van der Waals surface area (Å²) in [4.78, 5) is 34.4. The number of rotatable bonds is 6. The summed E-state index contributed by atoms with van der Waals surface area (Å²) in [5, 5.41) is 8.97. The number of hydrogen-bond donors (Lipinski definition) is 1. The van der Waals surface area contributed by atoms with Gasteiger partial charge in [-0.15, -0.1) is 0 Å². The molecule has 0 atom stereocenters. The summed E-state index contributed by atoms with van der Waals surface area (Å²) < 4.78 is 5.11. The Labute approximate surface area is 204 Å². The molecule has 1 aromatic heterocycles. The molecule has 0 radical (unpaired) electrons. The maximum atomic E-state index is 11.9.